The van der Waals surface area contributed by atoms with Crippen molar-refractivity contribution in [3.63, 3.8) is 0 Å². The van der Waals surface area contributed by atoms with E-state index in [2.05, 4.69) is 62.4 Å². The lowest BCUT2D eigenvalue weighted by atomic mass is 10.0. The first-order chi connectivity index (χ1) is 17.3. The molecule has 0 aliphatic rings. The summed E-state index contributed by atoms with van der Waals surface area (Å²) in [5.41, 5.74) is 3.10. The topological polar surface area (TPSA) is 81.9 Å². The molecule has 188 valence electrons. The number of carbonyl (C=O) groups excluding carboxylic acids is 1. The molecule has 0 aliphatic heterocycles. The standard InChI is InChI=1S/C26H28BrN5O2S2/c1-5-32-24(17(4)34-21-12-8-18(9-13-21)16(2)3)30-31-26(32)36-15-23(33)29-25-28-22(14-35-25)19-6-10-20(27)11-7-19/h6-14,16-17H,5,15H2,1-4H3,(H,28,29,33). The number of hydrogen-bond donors (Lipinski definition) is 1. The van der Waals surface area contributed by atoms with Gasteiger partial charge in [-0.1, -0.05) is 65.8 Å². The highest BCUT2D eigenvalue weighted by Crippen LogP contribution is 2.28. The first kappa shape index (κ1) is 26.4. The maximum atomic E-state index is 12.6. The van der Waals surface area contributed by atoms with Crippen molar-refractivity contribution in [2.45, 2.75) is 51.4 Å². The molecule has 36 heavy (non-hydrogen) atoms. The summed E-state index contributed by atoms with van der Waals surface area (Å²) in [6, 6.07) is 16.1. The van der Waals surface area contributed by atoms with Crippen LogP contribution >= 0.6 is 39.0 Å². The molecule has 10 heteroatoms. The molecule has 0 fully saturated rings. The minimum atomic E-state index is -0.280. The van der Waals surface area contributed by atoms with Crippen LogP contribution in [0.5, 0.6) is 5.75 Å². The Balaban J connectivity index is 1.34. The van der Waals surface area contributed by atoms with Gasteiger partial charge in [0.05, 0.1) is 11.4 Å². The SMILES string of the molecule is CCn1c(SCC(=O)Nc2nc(-c3ccc(Br)cc3)cs2)nnc1C(C)Oc1ccc(C(C)C)cc1. The van der Waals surface area contributed by atoms with Crippen molar-refractivity contribution >= 4 is 50.1 Å². The van der Waals surface area contributed by atoms with Crippen LogP contribution < -0.4 is 10.1 Å². The van der Waals surface area contributed by atoms with E-state index in [9.17, 15) is 4.79 Å². The van der Waals surface area contributed by atoms with Crippen molar-refractivity contribution < 1.29 is 9.53 Å². The predicted octanol–water partition coefficient (Wildman–Crippen LogP) is 7.18. The van der Waals surface area contributed by atoms with E-state index in [0.29, 0.717) is 22.8 Å². The minimum absolute atomic E-state index is 0.140. The molecule has 2 heterocycles. The van der Waals surface area contributed by atoms with Crippen LogP contribution in [0.4, 0.5) is 5.13 Å². The summed E-state index contributed by atoms with van der Waals surface area (Å²) >= 11 is 6.19. The summed E-state index contributed by atoms with van der Waals surface area (Å²) in [7, 11) is 0. The first-order valence-corrected chi connectivity index (χ1v) is 14.3. The fourth-order valence-corrected chi connectivity index (χ4v) is 5.37. The van der Waals surface area contributed by atoms with Crippen LogP contribution in [0.1, 0.15) is 51.1 Å². The lowest BCUT2D eigenvalue weighted by Gasteiger charge is -2.16. The van der Waals surface area contributed by atoms with Crippen molar-refractivity contribution in [2.75, 3.05) is 11.1 Å². The molecule has 0 spiro atoms. The summed E-state index contributed by atoms with van der Waals surface area (Å²) in [6.45, 7) is 8.99. The molecule has 4 aromatic rings. The van der Waals surface area contributed by atoms with Gasteiger partial charge in [0.1, 0.15) is 5.75 Å². The highest BCUT2D eigenvalue weighted by molar-refractivity contribution is 9.10. The van der Waals surface area contributed by atoms with Gasteiger partial charge in [-0.2, -0.15) is 0 Å². The lowest BCUT2D eigenvalue weighted by molar-refractivity contribution is -0.113. The number of anilines is 1. The Labute approximate surface area is 227 Å². The molecular formula is C26H28BrN5O2S2. The van der Waals surface area contributed by atoms with Crippen molar-refractivity contribution in [3.05, 3.63) is 69.8 Å². The molecular weight excluding hydrogens is 558 g/mol. The predicted molar refractivity (Wildman–Crippen MR) is 150 cm³/mol. The smallest absolute Gasteiger partial charge is 0.236 e. The monoisotopic (exact) mass is 585 g/mol. The number of nitrogens with zero attached hydrogens (tertiary/aromatic N) is 4. The third-order valence-electron chi connectivity index (χ3n) is 5.51. The summed E-state index contributed by atoms with van der Waals surface area (Å²) in [6.07, 6.45) is -0.280. The minimum Gasteiger partial charge on any atom is -0.483 e. The van der Waals surface area contributed by atoms with E-state index in [1.165, 1.54) is 28.7 Å². The number of nitrogens with one attached hydrogen (secondary N) is 1. The zero-order valence-electron chi connectivity index (χ0n) is 20.6. The Morgan fingerprint density at radius 3 is 2.50 bits per heavy atom. The second kappa shape index (κ2) is 12.0. The maximum absolute atomic E-state index is 12.6. The van der Waals surface area contributed by atoms with Crippen molar-refractivity contribution in [1.82, 2.24) is 19.7 Å². The van der Waals surface area contributed by atoms with Crippen LogP contribution in [0.2, 0.25) is 0 Å². The molecule has 2 aromatic heterocycles. The van der Waals surface area contributed by atoms with Gasteiger partial charge >= 0.3 is 0 Å². The molecule has 4 rings (SSSR count). The Kier molecular flexibility index (Phi) is 8.81. The number of amides is 1. The first-order valence-electron chi connectivity index (χ1n) is 11.7. The van der Waals surface area contributed by atoms with E-state index in [0.717, 1.165) is 27.3 Å². The number of benzene rings is 2. The van der Waals surface area contributed by atoms with E-state index in [4.69, 9.17) is 4.74 Å². The highest BCUT2D eigenvalue weighted by Gasteiger charge is 2.20. The van der Waals surface area contributed by atoms with Gasteiger partial charge in [-0.15, -0.1) is 21.5 Å². The van der Waals surface area contributed by atoms with Gasteiger partial charge in [0.15, 0.2) is 22.2 Å². The molecule has 1 atom stereocenters. The van der Waals surface area contributed by atoms with Crippen LogP contribution in [0.15, 0.2) is 63.5 Å². The highest BCUT2D eigenvalue weighted by atomic mass is 79.9. The van der Waals surface area contributed by atoms with Gasteiger partial charge in [0, 0.05) is 22.0 Å². The van der Waals surface area contributed by atoms with Crippen molar-refractivity contribution in [1.29, 1.82) is 0 Å². The third-order valence-corrected chi connectivity index (χ3v) is 7.76. The molecule has 1 unspecified atom stereocenters. The summed E-state index contributed by atoms with van der Waals surface area (Å²) in [5, 5.41) is 14.7. The number of aromatic nitrogens is 4. The molecule has 0 radical (unpaired) electrons. The Morgan fingerprint density at radius 1 is 1.11 bits per heavy atom. The number of rotatable bonds is 10. The van der Waals surface area contributed by atoms with Gasteiger partial charge in [-0.3, -0.25) is 4.79 Å². The van der Waals surface area contributed by atoms with E-state index in [-0.39, 0.29) is 17.8 Å². The molecule has 0 saturated heterocycles. The zero-order chi connectivity index (χ0) is 25.7. The summed E-state index contributed by atoms with van der Waals surface area (Å²) in [4.78, 5) is 17.1. The fraction of sp³-hybridized carbons (Fsp3) is 0.308. The quantitative estimate of drug-likeness (QED) is 0.198. The molecule has 2 aromatic carbocycles. The zero-order valence-corrected chi connectivity index (χ0v) is 23.8. The van der Waals surface area contributed by atoms with Crippen LogP contribution in [-0.2, 0) is 11.3 Å². The molecule has 1 N–H and O–H groups in total. The number of hydrogen-bond acceptors (Lipinski definition) is 7. The Bertz CT molecular complexity index is 1300. The fourth-order valence-electron chi connectivity index (χ4n) is 3.56. The number of halogens is 1. The second-order valence-corrected chi connectivity index (χ2v) is 11.2. The van der Waals surface area contributed by atoms with Crippen LogP contribution in [-0.4, -0.2) is 31.4 Å². The largest absolute Gasteiger partial charge is 0.483 e. The molecule has 0 bridgehead atoms. The van der Waals surface area contributed by atoms with E-state index in [1.54, 1.807) is 0 Å². The molecule has 1 amide bonds. The van der Waals surface area contributed by atoms with Crippen LogP contribution in [0, 0.1) is 0 Å². The van der Waals surface area contributed by atoms with Gasteiger partial charge < -0.3 is 14.6 Å². The summed E-state index contributed by atoms with van der Waals surface area (Å²) < 4.78 is 9.12. The maximum Gasteiger partial charge on any atom is 0.236 e. The van der Waals surface area contributed by atoms with Gasteiger partial charge in [-0.05, 0) is 49.6 Å². The third kappa shape index (κ3) is 6.54. The van der Waals surface area contributed by atoms with Crippen molar-refractivity contribution in [2.24, 2.45) is 0 Å². The van der Waals surface area contributed by atoms with Gasteiger partial charge in [-0.25, -0.2) is 4.98 Å². The number of thiazole rings is 1. The average Bonchev–Trinajstić information content (AvgIpc) is 3.50. The van der Waals surface area contributed by atoms with Crippen LogP contribution in [0.25, 0.3) is 11.3 Å². The Morgan fingerprint density at radius 2 is 1.83 bits per heavy atom. The van der Waals surface area contributed by atoms with E-state index < -0.39 is 0 Å². The lowest BCUT2D eigenvalue weighted by Crippen LogP contribution is -2.15. The number of thioether (sulfide) groups is 1. The Hall–Kier alpha value is -2.69. The normalized spacial score (nSPS) is 12.1. The van der Waals surface area contributed by atoms with Gasteiger partial charge in [0.2, 0.25) is 5.91 Å². The van der Waals surface area contributed by atoms with Crippen LogP contribution in [0.3, 0.4) is 0 Å². The van der Waals surface area contributed by atoms with Gasteiger partial charge in [0.25, 0.3) is 0 Å². The summed E-state index contributed by atoms with van der Waals surface area (Å²) in [5.74, 6) is 2.06. The number of ether oxygens (including phenoxy) is 1. The second-order valence-electron chi connectivity index (χ2n) is 8.45. The number of carbonyl (C=O) groups is 1. The molecule has 0 aliphatic carbocycles. The van der Waals surface area contributed by atoms with Crippen molar-refractivity contribution in [3.8, 4) is 17.0 Å². The molecule has 7 nitrogen and oxygen atoms in total. The van der Waals surface area contributed by atoms with E-state index >= 15 is 0 Å². The average molecular weight is 587 g/mol. The molecule has 0 saturated carbocycles. The van der Waals surface area contributed by atoms with E-state index in [1.807, 2.05) is 60.2 Å².